The van der Waals surface area contributed by atoms with Gasteiger partial charge >= 0.3 is 0 Å². The number of fused-ring (bicyclic) bond motifs is 1. The van der Waals surface area contributed by atoms with Crippen molar-refractivity contribution in [1.82, 2.24) is 15.0 Å². The maximum Gasteiger partial charge on any atom is 0.156 e. The molecule has 0 atom stereocenters. The fraction of sp³-hybridized carbons (Fsp3) is 0.143. The highest BCUT2D eigenvalue weighted by atomic mass is 35.5. The molecule has 2 heterocycles. The van der Waals surface area contributed by atoms with Gasteiger partial charge < -0.3 is 4.98 Å². The first kappa shape index (κ1) is 6.61. The van der Waals surface area contributed by atoms with Crippen LogP contribution in [-0.4, -0.2) is 15.0 Å². The Morgan fingerprint density at radius 2 is 2.27 bits per heavy atom. The molecule has 0 aliphatic carbocycles. The van der Waals surface area contributed by atoms with Gasteiger partial charge in [-0.15, -0.1) is 0 Å². The molecule has 3 nitrogen and oxygen atoms in total. The zero-order chi connectivity index (χ0) is 7.84. The predicted molar refractivity (Wildman–Crippen MR) is 43.6 cm³/mol. The molecule has 0 unspecified atom stereocenters. The number of nitrogens with zero attached hydrogens (tertiary/aromatic N) is 2. The van der Waals surface area contributed by atoms with Gasteiger partial charge in [0.25, 0.3) is 0 Å². The van der Waals surface area contributed by atoms with E-state index in [9.17, 15) is 0 Å². The molecule has 0 bridgehead atoms. The largest absolute Gasteiger partial charge is 0.344 e. The molecule has 4 heteroatoms. The quantitative estimate of drug-likeness (QED) is 0.609. The van der Waals surface area contributed by atoms with Gasteiger partial charge in [-0.25, -0.2) is 9.97 Å². The predicted octanol–water partition coefficient (Wildman–Crippen LogP) is 1.92. The Morgan fingerprint density at radius 1 is 1.45 bits per heavy atom. The summed E-state index contributed by atoms with van der Waals surface area (Å²) in [5.41, 5.74) is 2.76. The average Bonchev–Trinajstić information content (AvgIpc) is 2.45. The van der Waals surface area contributed by atoms with Crippen LogP contribution in [0.1, 0.15) is 5.56 Å². The Balaban J connectivity index is 2.96. The second-order valence-electron chi connectivity index (χ2n) is 2.36. The van der Waals surface area contributed by atoms with E-state index in [1.54, 1.807) is 12.5 Å². The minimum absolute atomic E-state index is 0.451. The van der Waals surface area contributed by atoms with Crippen molar-refractivity contribution < 1.29 is 0 Å². The molecule has 0 aliphatic rings. The van der Waals surface area contributed by atoms with E-state index in [-0.39, 0.29) is 0 Å². The summed E-state index contributed by atoms with van der Waals surface area (Å²) in [6.45, 7) is 1.96. The first-order chi connectivity index (χ1) is 5.29. The highest BCUT2D eigenvalue weighted by Crippen LogP contribution is 2.19. The van der Waals surface area contributed by atoms with Crippen molar-refractivity contribution in [3.63, 3.8) is 0 Å². The Hall–Kier alpha value is -1.09. The first-order valence-corrected chi connectivity index (χ1v) is 3.61. The Bertz CT molecular complexity index is 357. The van der Waals surface area contributed by atoms with Gasteiger partial charge in [-0.05, 0) is 12.5 Å². The van der Waals surface area contributed by atoms with Gasteiger partial charge in [-0.3, -0.25) is 0 Å². The lowest BCUT2D eigenvalue weighted by Gasteiger charge is -1.94. The number of imidazole rings is 1. The molecule has 0 radical (unpaired) electrons. The molecule has 0 spiro atoms. The van der Waals surface area contributed by atoms with Crippen molar-refractivity contribution in [3.05, 3.63) is 23.2 Å². The Labute approximate surface area is 68.4 Å². The third kappa shape index (κ3) is 0.886. The molecule has 0 fully saturated rings. The van der Waals surface area contributed by atoms with E-state index in [4.69, 9.17) is 11.6 Å². The minimum Gasteiger partial charge on any atom is -0.344 e. The summed E-state index contributed by atoms with van der Waals surface area (Å²) in [7, 11) is 0. The summed E-state index contributed by atoms with van der Waals surface area (Å²) < 4.78 is 0. The lowest BCUT2D eigenvalue weighted by molar-refractivity contribution is 1.29. The van der Waals surface area contributed by atoms with Crippen LogP contribution < -0.4 is 0 Å². The molecule has 11 heavy (non-hydrogen) atoms. The van der Waals surface area contributed by atoms with Crippen LogP contribution in [0.15, 0.2) is 12.5 Å². The van der Waals surface area contributed by atoms with Gasteiger partial charge in [-0.2, -0.15) is 0 Å². The maximum atomic E-state index is 5.78. The minimum atomic E-state index is 0.451. The molecule has 0 saturated heterocycles. The second kappa shape index (κ2) is 2.20. The number of aromatic amines is 1. The van der Waals surface area contributed by atoms with Gasteiger partial charge in [-0.1, -0.05) is 11.6 Å². The summed E-state index contributed by atoms with van der Waals surface area (Å²) in [5, 5.41) is 0.451. The molecule has 0 aliphatic heterocycles. The molecule has 0 aromatic carbocycles. The smallest absolute Gasteiger partial charge is 0.156 e. The van der Waals surface area contributed by atoms with E-state index in [0.717, 1.165) is 16.6 Å². The van der Waals surface area contributed by atoms with E-state index in [1.807, 2.05) is 6.92 Å². The highest BCUT2D eigenvalue weighted by Gasteiger charge is 2.03. The molecule has 2 aromatic heterocycles. The van der Waals surface area contributed by atoms with Crippen molar-refractivity contribution in [3.8, 4) is 0 Å². The average molecular weight is 168 g/mol. The van der Waals surface area contributed by atoms with Crippen LogP contribution in [0.3, 0.4) is 0 Å². The zero-order valence-electron chi connectivity index (χ0n) is 5.93. The lowest BCUT2D eigenvalue weighted by Crippen LogP contribution is -1.81. The van der Waals surface area contributed by atoms with Crippen LogP contribution in [-0.2, 0) is 0 Å². The van der Waals surface area contributed by atoms with E-state index >= 15 is 0 Å². The number of halogens is 1. The maximum absolute atomic E-state index is 5.78. The zero-order valence-corrected chi connectivity index (χ0v) is 6.68. The summed E-state index contributed by atoms with van der Waals surface area (Å²) >= 11 is 5.78. The van der Waals surface area contributed by atoms with Gasteiger partial charge in [0.15, 0.2) is 5.15 Å². The van der Waals surface area contributed by atoms with E-state index in [1.165, 1.54) is 0 Å². The van der Waals surface area contributed by atoms with Gasteiger partial charge in [0.2, 0.25) is 0 Å². The van der Waals surface area contributed by atoms with Crippen molar-refractivity contribution >= 4 is 22.6 Å². The first-order valence-electron chi connectivity index (χ1n) is 3.23. The summed E-state index contributed by atoms with van der Waals surface area (Å²) in [4.78, 5) is 11.0. The molecule has 0 amide bonds. The molecular weight excluding hydrogens is 162 g/mol. The number of hydrogen-bond acceptors (Lipinski definition) is 2. The number of aromatic nitrogens is 3. The van der Waals surface area contributed by atoms with Crippen LogP contribution in [0, 0.1) is 6.92 Å². The number of H-pyrrole nitrogens is 1. The van der Waals surface area contributed by atoms with Crippen molar-refractivity contribution in [1.29, 1.82) is 0 Å². The molecule has 1 N–H and O–H groups in total. The molecule has 56 valence electrons. The van der Waals surface area contributed by atoms with Crippen LogP contribution in [0.25, 0.3) is 11.0 Å². The standard InChI is InChI=1S/C7H6ClN3/c1-4-2-9-7(8)6-5(4)10-3-11-6/h2-3H,1H3,(H,10,11). The molecule has 0 saturated carbocycles. The van der Waals surface area contributed by atoms with Gasteiger partial charge in [0, 0.05) is 6.20 Å². The van der Waals surface area contributed by atoms with Crippen LogP contribution in [0.4, 0.5) is 0 Å². The Kier molecular flexibility index (Phi) is 1.32. The third-order valence-corrected chi connectivity index (χ3v) is 1.88. The number of rotatable bonds is 0. The van der Waals surface area contributed by atoms with E-state index in [0.29, 0.717) is 5.15 Å². The van der Waals surface area contributed by atoms with Crippen LogP contribution in [0.2, 0.25) is 5.15 Å². The third-order valence-electron chi connectivity index (χ3n) is 1.60. The SMILES string of the molecule is Cc1cnc(Cl)c2nc[nH]c12. The monoisotopic (exact) mass is 167 g/mol. The summed E-state index contributed by atoms with van der Waals surface area (Å²) in [6, 6.07) is 0. The number of nitrogens with one attached hydrogen (secondary N) is 1. The normalized spacial score (nSPS) is 10.7. The fourth-order valence-electron chi connectivity index (χ4n) is 1.03. The highest BCUT2D eigenvalue weighted by molar-refractivity contribution is 6.33. The Morgan fingerprint density at radius 3 is 3.00 bits per heavy atom. The summed E-state index contributed by atoms with van der Waals surface area (Å²) in [5.74, 6) is 0. The van der Waals surface area contributed by atoms with Crippen molar-refractivity contribution in [2.24, 2.45) is 0 Å². The topological polar surface area (TPSA) is 41.6 Å². The van der Waals surface area contributed by atoms with Crippen LogP contribution in [0.5, 0.6) is 0 Å². The molecule has 2 aromatic rings. The van der Waals surface area contributed by atoms with Crippen molar-refractivity contribution in [2.75, 3.05) is 0 Å². The lowest BCUT2D eigenvalue weighted by atomic mass is 10.3. The molecular formula is C7H6ClN3. The van der Waals surface area contributed by atoms with E-state index < -0.39 is 0 Å². The van der Waals surface area contributed by atoms with Gasteiger partial charge in [0.1, 0.15) is 5.52 Å². The molecule has 2 rings (SSSR count). The van der Waals surface area contributed by atoms with E-state index in [2.05, 4.69) is 15.0 Å². The number of aryl methyl sites for hydroxylation is 1. The van der Waals surface area contributed by atoms with Gasteiger partial charge in [0.05, 0.1) is 11.8 Å². The second-order valence-corrected chi connectivity index (χ2v) is 2.72. The van der Waals surface area contributed by atoms with Crippen LogP contribution >= 0.6 is 11.6 Å². The number of hydrogen-bond donors (Lipinski definition) is 1. The fourth-order valence-corrected chi connectivity index (χ4v) is 1.22. The number of pyridine rings is 1. The van der Waals surface area contributed by atoms with Crippen molar-refractivity contribution in [2.45, 2.75) is 6.92 Å². The summed E-state index contributed by atoms with van der Waals surface area (Å²) in [6.07, 6.45) is 3.34.